The highest BCUT2D eigenvalue weighted by molar-refractivity contribution is 5.18. The van der Waals surface area contributed by atoms with Crippen molar-refractivity contribution in [3.63, 3.8) is 0 Å². The van der Waals surface area contributed by atoms with Crippen molar-refractivity contribution in [3.05, 3.63) is 35.9 Å². The van der Waals surface area contributed by atoms with Gasteiger partial charge in [0, 0.05) is 12.6 Å². The lowest BCUT2D eigenvalue weighted by Crippen LogP contribution is -2.33. The fraction of sp³-hybridized carbons (Fsp3) is 0.667. The monoisotopic (exact) mass is 291 g/mol. The molecule has 3 nitrogen and oxygen atoms in total. The lowest BCUT2D eigenvalue weighted by atomic mass is 10.0. The molecule has 0 amide bonds. The van der Waals surface area contributed by atoms with E-state index in [0.717, 1.165) is 6.54 Å². The van der Waals surface area contributed by atoms with E-state index in [4.69, 9.17) is 9.47 Å². The standard InChI is InChI=1S/C18H29NO2/c1-4-5-7-12-17(15-10-8-6-9-11-15)19-13-16-14-20-18(2,3)21-16/h6,8-11,16-17,19H,4-5,7,12-14H2,1-3H3. The summed E-state index contributed by atoms with van der Waals surface area (Å²) in [5.74, 6) is -0.434. The molecule has 1 aromatic carbocycles. The van der Waals surface area contributed by atoms with Gasteiger partial charge in [-0.05, 0) is 25.8 Å². The molecule has 2 atom stereocenters. The van der Waals surface area contributed by atoms with Crippen molar-refractivity contribution in [3.8, 4) is 0 Å². The van der Waals surface area contributed by atoms with Gasteiger partial charge in [-0.2, -0.15) is 0 Å². The molecule has 0 bridgehead atoms. The molecule has 0 saturated carbocycles. The van der Waals surface area contributed by atoms with Crippen molar-refractivity contribution in [2.24, 2.45) is 0 Å². The van der Waals surface area contributed by atoms with Crippen LogP contribution >= 0.6 is 0 Å². The van der Waals surface area contributed by atoms with Gasteiger partial charge in [0.15, 0.2) is 5.79 Å². The normalized spacial score (nSPS) is 22.3. The molecule has 2 unspecified atom stereocenters. The Balaban J connectivity index is 1.87. The molecule has 1 aliphatic rings. The van der Waals surface area contributed by atoms with Crippen molar-refractivity contribution in [1.29, 1.82) is 0 Å². The molecule has 0 aliphatic carbocycles. The highest BCUT2D eigenvalue weighted by atomic mass is 16.7. The average Bonchev–Trinajstić information content (AvgIpc) is 2.83. The van der Waals surface area contributed by atoms with E-state index >= 15 is 0 Å². The highest BCUT2D eigenvalue weighted by Crippen LogP contribution is 2.24. The van der Waals surface area contributed by atoms with Crippen LogP contribution in [0.5, 0.6) is 0 Å². The van der Waals surface area contributed by atoms with E-state index in [9.17, 15) is 0 Å². The molecule has 2 rings (SSSR count). The zero-order chi connectivity index (χ0) is 15.1. The maximum Gasteiger partial charge on any atom is 0.163 e. The van der Waals surface area contributed by atoms with Crippen LogP contribution in [0.1, 0.15) is 58.1 Å². The SMILES string of the molecule is CCCCCC(NCC1COC(C)(C)O1)c1ccccc1. The Hall–Kier alpha value is -0.900. The minimum Gasteiger partial charge on any atom is -0.348 e. The summed E-state index contributed by atoms with van der Waals surface area (Å²) in [5, 5.41) is 3.67. The van der Waals surface area contributed by atoms with Gasteiger partial charge in [0.25, 0.3) is 0 Å². The van der Waals surface area contributed by atoms with Crippen LogP contribution < -0.4 is 5.32 Å². The number of benzene rings is 1. The summed E-state index contributed by atoms with van der Waals surface area (Å²) in [6.45, 7) is 7.72. The van der Waals surface area contributed by atoms with Crippen LogP contribution in [0.25, 0.3) is 0 Å². The van der Waals surface area contributed by atoms with Crippen LogP contribution in [0.3, 0.4) is 0 Å². The maximum atomic E-state index is 5.88. The van der Waals surface area contributed by atoms with Crippen LogP contribution in [0.4, 0.5) is 0 Å². The van der Waals surface area contributed by atoms with Crippen LogP contribution in [0, 0.1) is 0 Å². The van der Waals surface area contributed by atoms with Crippen molar-refractivity contribution in [2.45, 2.75) is 64.4 Å². The Morgan fingerprint density at radius 1 is 1.24 bits per heavy atom. The van der Waals surface area contributed by atoms with Gasteiger partial charge < -0.3 is 14.8 Å². The zero-order valence-corrected chi connectivity index (χ0v) is 13.6. The van der Waals surface area contributed by atoms with Crippen LogP contribution in [-0.2, 0) is 9.47 Å². The molecular formula is C18H29NO2. The van der Waals surface area contributed by atoms with Crippen LogP contribution in [-0.4, -0.2) is 25.0 Å². The Bertz CT molecular complexity index is 405. The third-order valence-electron chi connectivity index (χ3n) is 3.96. The second-order valence-electron chi connectivity index (χ2n) is 6.32. The third-order valence-corrected chi connectivity index (χ3v) is 3.96. The molecule has 1 N–H and O–H groups in total. The van der Waals surface area contributed by atoms with E-state index in [1.165, 1.54) is 31.2 Å². The number of hydrogen-bond acceptors (Lipinski definition) is 3. The minimum atomic E-state index is -0.434. The van der Waals surface area contributed by atoms with Crippen molar-refractivity contribution < 1.29 is 9.47 Å². The largest absolute Gasteiger partial charge is 0.348 e. The summed E-state index contributed by atoms with van der Waals surface area (Å²) in [6, 6.07) is 11.1. The average molecular weight is 291 g/mol. The number of unbranched alkanes of at least 4 members (excludes halogenated alkanes) is 2. The summed E-state index contributed by atoms with van der Waals surface area (Å²) in [7, 11) is 0. The number of nitrogens with one attached hydrogen (secondary N) is 1. The van der Waals surface area contributed by atoms with Gasteiger partial charge in [-0.1, -0.05) is 56.5 Å². The lowest BCUT2D eigenvalue weighted by molar-refractivity contribution is -0.137. The summed E-state index contributed by atoms with van der Waals surface area (Å²) in [6.07, 6.45) is 5.14. The number of hydrogen-bond donors (Lipinski definition) is 1. The third kappa shape index (κ3) is 5.42. The topological polar surface area (TPSA) is 30.5 Å². The van der Waals surface area contributed by atoms with Gasteiger partial charge in [-0.3, -0.25) is 0 Å². The van der Waals surface area contributed by atoms with Gasteiger partial charge in [0.2, 0.25) is 0 Å². The molecule has 0 spiro atoms. The smallest absolute Gasteiger partial charge is 0.163 e. The van der Waals surface area contributed by atoms with Gasteiger partial charge in [0.1, 0.15) is 0 Å². The minimum absolute atomic E-state index is 0.150. The molecule has 1 saturated heterocycles. The molecule has 1 aromatic rings. The van der Waals surface area contributed by atoms with Gasteiger partial charge >= 0.3 is 0 Å². The van der Waals surface area contributed by atoms with Crippen LogP contribution in [0.15, 0.2) is 30.3 Å². The summed E-state index contributed by atoms with van der Waals surface area (Å²) in [5.41, 5.74) is 1.37. The molecule has 21 heavy (non-hydrogen) atoms. The second kappa shape index (κ2) is 7.92. The fourth-order valence-electron chi connectivity index (χ4n) is 2.81. The van der Waals surface area contributed by atoms with E-state index in [-0.39, 0.29) is 6.10 Å². The Labute approximate surface area is 129 Å². The first-order valence-electron chi connectivity index (χ1n) is 8.21. The second-order valence-corrected chi connectivity index (χ2v) is 6.32. The van der Waals surface area contributed by atoms with Crippen molar-refractivity contribution >= 4 is 0 Å². The highest BCUT2D eigenvalue weighted by Gasteiger charge is 2.32. The van der Waals surface area contributed by atoms with Gasteiger partial charge in [-0.15, -0.1) is 0 Å². The van der Waals surface area contributed by atoms with E-state index < -0.39 is 5.79 Å². The van der Waals surface area contributed by atoms with E-state index in [2.05, 4.69) is 42.6 Å². The molecule has 1 aliphatic heterocycles. The number of rotatable bonds is 8. The lowest BCUT2D eigenvalue weighted by Gasteiger charge is -2.22. The molecule has 0 aromatic heterocycles. The predicted molar refractivity (Wildman–Crippen MR) is 86.2 cm³/mol. The molecule has 0 radical (unpaired) electrons. The van der Waals surface area contributed by atoms with E-state index in [0.29, 0.717) is 12.6 Å². The van der Waals surface area contributed by atoms with E-state index in [1.807, 2.05) is 13.8 Å². The number of ether oxygens (including phenoxy) is 2. The van der Waals surface area contributed by atoms with Gasteiger partial charge in [-0.25, -0.2) is 0 Å². The Kier molecular flexibility index (Phi) is 6.22. The van der Waals surface area contributed by atoms with E-state index in [1.54, 1.807) is 0 Å². The first-order valence-corrected chi connectivity index (χ1v) is 8.21. The van der Waals surface area contributed by atoms with Crippen molar-refractivity contribution in [2.75, 3.05) is 13.2 Å². The molecule has 1 heterocycles. The molecule has 1 fully saturated rings. The molecule has 3 heteroatoms. The van der Waals surface area contributed by atoms with Crippen LogP contribution in [0.2, 0.25) is 0 Å². The van der Waals surface area contributed by atoms with Gasteiger partial charge in [0.05, 0.1) is 12.7 Å². The zero-order valence-electron chi connectivity index (χ0n) is 13.6. The Morgan fingerprint density at radius 2 is 2.00 bits per heavy atom. The summed E-state index contributed by atoms with van der Waals surface area (Å²) in [4.78, 5) is 0. The fourth-order valence-corrected chi connectivity index (χ4v) is 2.81. The predicted octanol–water partition coefficient (Wildman–Crippen LogP) is 4.05. The molecule has 118 valence electrons. The first-order chi connectivity index (χ1) is 10.1. The Morgan fingerprint density at radius 3 is 2.62 bits per heavy atom. The first kappa shape index (κ1) is 16.5. The summed E-state index contributed by atoms with van der Waals surface area (Å²) < 4.78 is 11.5. The quantitative estimate of drug-likeness (QED) is 0.733. The maximum absolute atomic E-state index is 5.88. The summed E-state index contributed by atoms with van der Waals surface area (Å²) >= 11 is 0. The van der Waals surface area contributed by atoms with Crippen molar-refractivity contribution in [1.82, 2.24) is 5.32 Å². The molecular weight excluding hydrogens is 262 g/mol.